The second-order valence-electron chi connectivity index (χ2n) is 4.65. The Morgan fingerprint density at radius 1 is 1.23 bits per heavy atom. The molecule has 1 aliphatic rings. The van der Waals surface area contributed by atoms with Crippen molar-refractivity contribution in [2.24, 2.45) is 17.8 Å². The van der Waals surface area contributed by atoms with Crippen LogP contribution >= 0.6 is 29.1 Å². The predicted molar refractivity (Wildman–Crippen MR) is 63.8 cm³/mol. The molecule has 0 N–H and O–H groups in total. The monoisotopic (exact) mass is 240 g/mol. The predicted octanol–water partition coefficient (Wildman–Crippen LogP) is 5.24. The maximum Gasteiger partial charge on any atom is 0.0889 e. The van der Waals surface area contributed by atoms with Crippen LogP contribution in [0.25, 0.3) is 0 Å². The molecule has 0 unspecified atom stereocenters. The van der Waals surface area contributed by atoms with Crippen LogP contribution in [0.4, 0.5) is 0 Å². The number of hydrogen-bond acceptors (Lipinski definition) is 0. The fourth-order valence-electron chi connectivity index (χ4n) is 2.38. The Morgan fingerprint density at radius 3 is 2.31 bits per heavy atom. The van der Waals surface area contributed by atoms with Gasteiger partial charge in [0.05, 0.1) is 6.63 Å². The normalized spacial score (nSPS) is 35.8. The van der Waals surface area contributed by atoms with E-state index in [1.807, 2.05) is 0 Å². The summed E-state index contributed by atoms with van der Waals surface area (Å²) in [7, 11) is 0. The third-order valence-corrected chi connectivity index (χ3v) is 5.84. The number of rotatable bonds is 2. The molecule has 0 aromatic rings. The molecule has 0 aromatic carbocycles. The van der Waals surface area contributed by atoms with Crippen LogP contribution in [0.5, 0.6) is 0 Å². The fourth-order valence-corrected chi connectivity index (χ4v) is 5.02. The summed E-state index contributed by atoms with van der Waals surface area (Å²) in [6.07, 6.45) is 3.92. The Bertz CT molecular complexity index is 159. The van der Waals surface area contributed by atoms with Crippen molar-refractivity contribution >= 4 is 29.1 Å². The van der Waals surface area contributed by atoms with Crippen molar-refractivity contribution in [3.05, 3.63) is 0 Å². The summed E-state index contributed by atoms with van der Waals surface area (Å²) in [6, 6.07) is 0. The van der Waals surface area contributed by atoms with Crippen LogP contribution in [-0.2, 0) is 0 Å². The SMILES string of the molecule is CC(C)[C@H]1CC[C@@H](C)C[C@@H]1P(Cl)Cl. The summed E-state index contributed by atoms with van der Waals surface area (Å²) >= 11 is 12.2. The third-order valence-electron chi connectivity index (χ3n) is 3.24. The molecule has 13 heavy (non-hydrogen) atoms. The summed E-state index contributed by atoms with van der Waals surface area (Å²) in [5.41, 5.74) is 0.585. The quantitative estimate of drug-likeness (QED) is 0.580. The van der Waals surface area contributed by atoms with E-state index in [1.54, 1.807) is 0 Å². The van der Waals surface area contributed by atoms with E-state index in [9.17, 15) is 0 Å². The van der Waals surface area contributed by atoms with Gasteiger partial charge in [0.1, 0.15) is 0 Å². The van der Waals surface area contributed by atoms with Crippen molar-refractivity contribution in [3.8, 4) is 0 Å². The van der Waals surface area contributed by atoms with E-state index in [2.05, 4.69) is 20.8 Å². The Morgan fingerprint density at radius 2 is 1.85 bits per heavy atom. The first-order valence-corrected chi connectivity index (χ1v) is 8.35. The van der Waals surface area contributed by atoms with Gasteiger partial charge in [-0.1, -0.05) is 49.7 Å². The number of hydrogen-bond donors (Lipinski definition) is 0. The van der Waals surface area contributed by atoms with E-state index in [4.69, 9.17) is 22.5 Å². The fraction of sp³-hybridized carbons (Fsp3) is 1.00. The molecule has 0 nitrogen and oxygen atoms in total. The second kappa shape index (κ2) is 5.19. The molecule has 1 fully saturated rings. The molecule has 0 spiro atoms. The van der Waals surface area contributed by atoms with Crippen molar-refractivity contribution in [2.75, 3.05) is 0 Å². The molecular formula is C10H19Cl2P. The van der Waals surface area contributed by atoms with E-state index in [0.717, 1.165) is 17.8 Å². The zero-order valence-corrected chi connectivity index (χ0v) is 11.0. The van der Waals surface area contributed by atoms with Crippen LogP contribution in [0, 0.1) is 17.8 Å². The average Bonchev–Trinajstić information content (AvgIpc) is 2.03. The van der Waals surface area contributed by atoms with E-state index >= 15 is 0 Å². The van der Waals surface area contributed by atoms with Gasteiger partial charge in [0.25, 0.3) is 0 Å². The lowest BCUT2D eigenvalue weighted by atomic mass is 9.77. The van der Waals surface area contributed by atoms with Gasteiger partial charge >= 0.3 is 0 Å². The van der Waals surface area contributed by atoms with Crippen LogP contribution in [-0.4, -0.2) is 5.66 Å². The van der Waals surface area contributed by atoms with Gasteiger partial charge in [-0.25, -0.2) is 0 Å². The van der Waals surface area contributed by atoms with Crippen LogP contribution < -0.4 is 0 Å². The molecule has 0 heterocycles. The van der Waals surface area contributed by atoms with E-state index in [1.165, 1.54) is 19.3 Å². The first-order valence-electron chi connectivity index (χ1n) is 5.13. The Balaban J connectivity index is 2.60. The maximum atomic E-state index is 6.09. The molecule has 0 bridgehead atoms. The molecule has 3 atom stereocenters. The highest BCUT2D eigenvalue weighted by molar-refractivity contribution is 8.04. The molecule has 1 saturated carbocycles. The van der Waals surface area contributed by atoms with Crippen LogP contribution in [0.15, 0.2) is 0 Å². The molecular weight excluding hydrogens is 222 g/mol. The van der Waals surface area contributed by atoms with E-state index in [-0.39, 0.29) is 0 Å². The van der Waals surface area contributed by atoms with Gasteiger partial charge in [0, 0.05) is 5.66 Å². The van der Waals surface area contributed by atoms with Gasteiger partial charge in [-0.05, 0) is 30.6 Å². The molecule has 0 radical (unpaired) electrons. The lowest BCUT2D eigenvalue weighted by Crippen LogP contribution is -2.29. The highest BCUT2D eigenvalue weighted by Gasteiger charge is 2.34. The lowest BCUT2D eigenvalue weighted by molar-refractivity contribution is 0.243. The van der Waals surface area contributed by atoms with Gasteiger partial charge in [0.2, 0.25) is 0 Å². The smallest absolute Gasteiger partial charge is 0.0778 e. The van der Waals surface area contributed by atoms with E-state index < -0.39 is 6.63 Å². The highest BCUT2D eigenvalue weighted by atomic mass is 35.9. The van der Waals surface area contributed by atoms with Gasteiger partial charge < -0.3 is 0 Å². The topological polar surface area (TPSA) is 0 Å². The lowest BCUT2D eigenvalue weighted by Gasteiger charge is -2.37. The molecule has 3 heteroatoms. The molecule has 78 valence electrons. The van der Waals surface area contributed by atoms with Crippen molar-refractivity contribution in [1.29, 1.82) is 0 Å². The second-order valence-corrected chi connectivity index (χ2v) is 8.54. The minimum atomic E-state index is -0.773. The molecule has 1 rings (SSSR count). The summed E-state index contributed by atoms with van der Waals surface area (Å²) in [5, 5.41) is 0. The van der Waals surface area contributed by atoms with Crippen molar-refractivity contribution in [2.45, 2.75) is 45.7 Å². The van der Waals surface area contributed by atoms with Gasteiger partial charge in [-0.15, -0.1) is 0 Å². The largest absolute Gasteiger partial charge is 0.0889 e. The van der Waals surface area contributed by atoms with Crippen molar-refractivity contribution in [1.82, 2.24) is 0 Å². The van der Waals surface area contributed by atoms with E-state index in [0.29, 0.717) is 5.66 Å². The Hall–Kier alpha value is 1.01. The molecule has 0 aromatic heterocycles. The van der Waals surface area contributed by atoms with Gasteiger partial charge in [-0.2, -0.15) is 0 Å². The average molecular weight is 241 g/mol. The first kappa shape index (κ1) is 12.1. The minimum Gasteiger partial charge on any atom is -0.0778 e. The minimum absolute atomic E-state index is 0.585. The molecule has 0 amide bonds. The summed E-state index contributed by atoms with van der Waals surface area (Å²) < 4.78 is 0. The van der Waals surface area contributed by atoms with Crippen LogP contribution in [0.2, 0.25) is 0 Å². The molecule has 1 aliphatic carbocycles. The summed E-state index contributed by atoms with van der Waals surface area (Å²) in [4.78, 5) is 0. The Kier molecular flexibility index (Phi) is 4.83. The third kappa shape index (κ3) is 3.26. The van der Waals surface area contributed by atoms with Crippen molar-refractivity contribution < 1.29 is 0 Å². The van der Waals surface area contributed by atoms with Gasteiger partial charge in [0.15, 0.2) is 0 Å². The molecule has 0 saturated heterocycles. The van der Waals surface area contributed by atoms with Gasteiger partial charge in [-0.3, -0.25) is 0 Å². The Labute approximate surface area is 92.7 Å². The first-order chi connectivity index (χ1) is 6.02. The van der Waals surface area contributed by atoms with Crippen LogP contribution in [0.1, 0.15) is 40.0 Å². The molecule has 0 aliphatic heterocycles. The number of halogens is 2. The highest BCUT2D eigenvalue weighted by Crippen LogP contribution is 2.59. The van der Waals surface area contributed by atoms with Crippen molar-refractivity contribution in [3.63, 3.8) is 0 Å². The zero-order valence-electron chi connectivity index (χ0n) is 8.63. The summed E-state index contributed by atoms with van der Waals surface area (Å²) in [5.74, 6) is 2.32. The summed E-state index contributed by atoms with van der Waals surface area (Å²) in [6.45, 7) is 6.13. The zero-order chi connectivity index (χ0) is 10.0. The standard InChI is InChI=1S/C10H19Cl2P/c1-7(2)9-5-4-8(3)6-10(9)13(11)12/h7-10H,4-6H2,1-3H3/t8-,9-,10+/m1/s1. The van der Waals surface area contributed by atoms with Crippen LogP contribution in [0.3, 0.4) is 0 Å². The maximum absolute atomic E-state index is 6.09.